The number of amides is 1. The molecule has 1 saturated heterocycles. The number of piperidine rings is 1. The Labute approximate surface area is 150 Å². The first-order valence-corrected chi connectivity index (χ1v) is 9.01. The quantitative estimate of drug-likeness (QED) is 0.746. The van der Waals surface area contributed by atoms with Crippen LogP contribution in [0, 0.1) is 15.4 Å². The van der Waals surface area contributed by atoms with Gasteiger partial charge in [-0.15, -0.1) is 0 Å². The molecule has 1 heterocycles. The monoisotopic (exact) mass is 430 g/mol. The number of carbonyl (C=O) groups excluding carboxylic acids is 1. The Balaban J connectivity index is 1.38. The minimum atomic E-state index is -0.448. The normalized spacial score (nSPS) is 26.7. The number of nitrogens with zero attached hydrogens (tertiary/aromatic N) is 1. The molecule has 5 nitrogen and oxygen atoms in total. The molecule has 1 aromatic rings. The molecule has 1 saturated carbocycles. The zero-order valence-corrected chi connectivity index (χ0v) is 15.9. The van der Waals surface area contributed by atoms with Crippen LogP contribution in [0.5, 0.6) is 0 Å². The lowest BCUT2D eigenvalue weighted by atomic mass is 10.2. The molecule has 2 atom stereocenters. The molecule has 126 valence electrons. The maximum absolute atomic E-state index is 11.8. The first-order chi connectivity index (χ1) is 10.8. The van der Waals surface area contributed by atoms with Gasteiger partial charge in [-0.05, 0) is 61.1 Å². The fraction of sp³-hybridized carbons (Fsp3) is 0.588. The van der Waals surface area contributed by atoms with Crippen LogP contribution in [0.4, 0.5) is 4.79 Å². The summed E-state index contributed by atoms with van der Waals surface area (Å²) in [7, 11) is 0. The Morgan fingerprint density at radius 3 is 2.43 bits per heavy atom. The zero-order chi connectivity index (χ0) is 16.6. The summed E-state index contributed by atoms with van der Waals surface area (Å²) in [4.78, 5) is 17.6. The van der Waals surface area contributed by atoms with Gasteiger partial charge in [0.25, 0.3) is 0 Å². The number of halogens is 1. The molecule has 1 aromatic carbocycles. The summed E-state index contributed by atoms with van der Waals surface area (Å²) in [5.74, 6) is 0.971. The highest BCUT2D eigenvalue weighted by Crippen LogP contribution is 2.45. The average Bonchev–Trinajstić information content (AvgIpc) is 2.90. The van der Waals surface area contributed by atoms with Crippen LogP contribution in [0.1, 0.15) is 26.3 Å². The molecular formula is C17H23IN2O3. The highest BCUT2D eigenvalue weighted by Gasteiger charge is 2.57. The minimum Gasteiger partial charge on any atom is -0.444 e. The van der Waals surface area contributed by atoms with Crippen molar-refractivity contribution in [1.29, 1.82) is 0 Å². The van der Waals surface area contributed by atoms with E-state index in [0.717, 1.165) is 13.1 Å². The van der Waals surface area contributed by atoms with Crippen molar-refractivity contribution >= 4 is 28.7 Å². The van der Waals surface area contributed by atoms with Crippen molar-refractivity contribution in [3.8, 4) is 0 Å². The number of hydroxylamine groups is 2. The number of nitrogens with one attached hydrogen (secondary N) is 1. The van der Waals surface area contributed by atoms with Crippen LogP contribution in [0.3, 0.4) is 0 Å². The Bertz CT molecular complexity index is 558. The standard InChI is InChI=1S/C17H23IN2O3/c1-17(2,3)23-16(21)19-15-13-8-20(9-14(13)15)22-10-11-4-6-12(18)7-5-11/h4-7,13-15H,8-10H2,1-3H3,(H,19,21). The third-order valence-corrected chi connectivity index (χ3v) is 4.89. The molecule has 23 heavy (non-hydrogen) atoms. The first kappa shape index (κ1) is 17.0. The maximum atomic E-state index is 11.8. The van der Waals surface area contributed by atoms with Crippen LogP contribution < -0.4 is 5.32 Å². The van der Waals surface area contributed by atoms with E-state index < -0.39 is 5.60 Å². The molecule has 0 bridgehead atoms. The Kier molecular flexibility index (Phi) is 4.85. The largest absolute Gasteiger partial charge is 0.444 e. The predicted octanol–water partition coefficient (Wildman–Crippen LogP) is 3.18. The van der Waals surface area contributed by atoms with Gasteiger partial charge in [0.1, 0.15) is 5.60 Å². The molecule has 2 fully saturated rings. The molecule has 6 heteroatoms. The van der Waals surface area contributed by atoms with Crippen molar-refractivity contribution in [2.75, 3.05) is 13.1 Å². The fourth-order valence-corrected chi connectivity index (χ4v) is 3.36. The van der Waals surface area contributed by atoms with Crippen LogP contribution in [-0.2, 0) is 16.2 Å². The molecule has 1 amide bonds. The lowest BCUT2D eigenvalue weighted by molar-refractivity contribution is -0.162. The van der Waals surface area contributed by atoms with Crippen LogP contribution in [0.25, 0.3) is 0 Å². The molecule has 3 rings (SSSR count). The average molecular weight is 430 g/mol. The number of rotatable bonds is 4. The van der Waals surface area contributed by atoms with Crippen LogP contribution in [0.15, 0.2) is 24.3 Å². The lowest BCUT2D eigenvalue weighted by Crippen LogP contribution is -2.38. The number of fused-ring (bicyclic) bond motifs is 1. The highest BCUT2D eigenvalue weighted by molar-refractivity contribution is 14.1. The second-order valence-electron chi connectivity index (χ2n) is 7.25. The van der Waals surface area contributed by atoms with Crippen molar-refractivity contribution in [3.63, 3.8) is 0 Å². The number of hydrogen-bond donors (Lipinski definition) is 1. The topological polar surface area (TPSA) is 50.8 Å². The van der Waals surface area contributed by atoms with Gasteiger partial charge in [-0.25, -0.2) is 4.79 Å². The number of alkyl carbamates (subject to hydrolysis) is 1. The van der Waals surface area contributed by atoms with Gasteiger partial charge in [-0.1, -0.05) is 12.1 Å². The fourth-order valence-electron chi connectivity index (χ4n) is 3.00. The third kappa shape index (κ3) is 4.58. The van der Waals surface area contributed by atoms with E-state index in [1.807, 2.05) is 25.8 Å². The van der Waals surface area contributed by atoms with Crippen molar-refractivity contribution in [2.45, 2.75) is 39.0 Å². The highest BCUT2D eigenvalue weighted by atomic mass is 127. The van der Waals surface area contributed by atoms with Gasteiger partial charge in [0, 0.05) is 34.5 Å². The molecule has 2 aliphatic rings. The van der Waals surface area contributed by atoms with Crippen LogP contribution in [-0.4, -0.2) is 35.9 Å². The molecule has 1 aliphatic carbocycles. The molecule has 1 N–H and O–H groups in total. The van der Waals surface area contributed by atoms with Crippen molar-refractivity contribution in [2.24, 2.45) is 11.8 Å². The zero-order valence-electron chi connectivity index (χ0n) is 13.7. The summed E-state index contributed by atoms with van der Waals surface area (Å²) in [6.45, 7) is 7.97. The number of benzene rings is 1. The smallest absolute Gasteiger partial charge is 0.407 e. The first-order valence-electron chi connectivity index (χ1n) is 7.94. The second-order valence-corrected chi connectivity index (χ2v) is 8.49. The molecule has 1 aliphatic heterocycles. The van der Waals surface area contributed by atoms with E-state index in [1.165, 1.54) is 9.13 Å². The SMILES string of the molecule is CC(C)(C)OC(=O)NC1C2CN(OCc3ccc(I)cc3)CC21. The summed E-state index contributed by atoms with van der Waals surface area (Å²) >= 11 is 2.29. The van der Waals surface area contributed by atoms with Crippen molar-refractivity contribution in [3.05, 3.63) is 33.4 Å². The molecular weight excluding hydrogens is 407 g/mol. The Morgan fingerprint density at radius 2 is 1.87 bits per heavy atom. The molecule has 0 aromatic heterocycles. The van der Waals surface area contributed by atoms with Gasteiger partial charge >= 0.3 is 6.09 Å². The van der Waals surface area contributed by atoms with Gasteiger partial charge in [-0.3, -0.25) is 4.84 Å². The van der Waals surface area contributed by atoms with E-state index in [2.05, 4.69) is 52.2 Å². The molecule has 0 radical (unpaired) electrons. The van der Waals surface area contributed by atoms with Crippen LogP contribution in [0.2, 0.25) is 0 Å². The number of carbonyl (C=O) groups is 1. The molecule has 0 spiro atoms. The molecule has 2 unspecified atom stereocenters. The second kappa shape index (κ2) is 6.57. The van der Waals surface area contributed by atoms with Crippen molar-refractivity contribution in [1.82, 2.24) is 10.4 Å². The van der Waals surface area contributed by atoms with Gasteiger partial charge < -0.3 is 10.1 Å². The maximum Gasteiger partial charge on any atom is 0.407 e. The van der Waals surface area contributed by atoms with E-state index in [4.69, 9.17) is 9.57 Å². The summed E-state index contributed by atoms with van der Waals surface area (Å²) < 4.78 is 6.53. The Morgan fingerprint density at radius 1 is 1.26 bits per heavy atom. The van der Waals surface area contributed by atoms with E-state index in [1.54, 1.807) is 0 Å². The van der Waals surface area contributed by atoms with E-state index in [-0.39, 0.29) is 12.1 Å². The predicted molar refractivity (Wildman–Crippen MR) is 95.7 cm³/mol. The number of hydrogen-bond acceptors (Lipinski definition) is 4. The summed E-state index contributed by atoms with van der Waals surface area (Å²) in [5.41, 5.74) is 0.728. The van der Waals surface area contributed by atoms with Gasteiger partial charge in [0.15, 0.2) is 0 Å². The summed E-state index contributed by atoms with van der Waals surface area (Å²) in [6, 6.07) is 8.59. The summed E-state index contributed by atoms with van der Waals surface area (Å²) in [5, 5.41) is 4.98. The Hall–Kier alpha value is -0.860. The van der Waals surface area contributed by atoms with E-state index in [0.29, 0.717) is 18.4 Å². The third-order valence-electron chi connectivity index (χ3n) is 4.17. The van der Waals surface area contributed by atoms with Gasteiger partial charge in [-0.2, -0.15) is 5.06 Å². The van der Waals surface area contributed by atoms with E-state index >= 15 is 0 Å². The van der Waals surface area contributed by atoms with Gasteiger partial charge in [0.05, 0.1) is 6.61 Å². The summed E-state index contributed by atoms with van der Waals surface area (Å²) in [6.07, 6.45) is -0.316. The van der Waals surface area contributed by atoms with Gasteiger partial charge in [0.2, 0.25) is 0 Å². The van der Waals surface area contributed by atoms with Crippen LogP contribution >= 0.6 is 22.6 Å². The number of ether oxygens (including phenoxy) is 1. The lowest BCUT2D eigenvalue weighted by Gasteiger charge is -2.22. The van der Waals surface area contributed by atoms with Crippen molar-refractivity contribution < 1.29 is 14.4 Å². The minimum absolute atomic E-state index is 0.239. The van der Waals surface area contributed by atoms with E-state index in [9.17, 15) is 4.79 Å².